The zero-order valence-electron chi connectivity index (χ0n) is 9.59. The summed E-state index contributed by atoms with van der Waals surface area (Å²) in [5.41, 5.74) is 0.534. The van der Waals surface area contributed by atoms with Crippen molar-refractivity contribution in [2.75, 3.05) is 0 Å². The zero-order valence-corrected chi connectivity index (χ0v) is 9.59. The van der Waals surface area contributed by atoms with Gasteiger partial charge in [0.2, 0.25) is 0 Å². The summed E-state index contributed by atoms with van der Waals surface area (Å²) in [4.78, 5) is 11.3. The Hall–Kier alpha value is -2.34. The van der Waals surface area contributed by atoms with E-state index in [0.717, 1.165) is 6.42 Å². The lowest BCUT2D eigenvalue weighted by atomic mass is 10.2. The van der Waals surface area contributed by atoms with E-state index in [9.17, 15) is 4.79 Å². The maximum absolute atomic E-state index is 11.3. The van der Waals surface area contributed by atoms with Crippen LogP contribution in [0.15, 0.2) is 48.6 Å². The lowest BCUT2D eigenvalue weighted by molar-refractivity contribution is -0.128. The molecular formula is C14H13NO2. The summed E-state index contributed by atoms with van der Waals surface area (Å²) in [6.45, 7) is 2.01. The SMILES string of the molecule is CC/C=C/C=C/C(=O)Oc1ccc(C#N)cc1. The smallest absolute Gasteiger partial charge is 0.336 e. The maximum Gasteiger partial charge on any atom is 0.336 e. The Bertz CT molecular complexity index is 464. The Balaban J connectivity index is 2.53. The Morgan fingerprint density at radius 3 is 2.65 bits per heavy atom. The summed E-state index contributed by atoms with van der Waals surface area (Å²) in [6.07, 6.45) is 7.64. The van der Waals surface area contributed by atoms with Crippen LogP contribution in [0.2, 0.25) is 0 Å². The number of ether oxygens (including phenoxy) is 1. The molecule has 0 fully saturated rings. The van der Waals surface area contributed by atoms with Gasteiger partial charge in [-0.05, 0) is 30.7 Å². The predicted molar refractivity (Wildman–Crippen MR) is 65.4 cm³/mol. The van der Waals surface area contributed by atoms with Crippen LogP contribution >= 0.6 is 0 Å². The quantitative estimate of drug-likeness (QED) is 0.344. The van der Waals surface area contributed by atoms with Crippen molar-refractivity contribution in [2.24, 2.45) is 0 Å². The highest BCUT2D eigenvalue weighted by molar-refractivity contribution is 5.84. The zero-order chi connectivity index (χ0) is 12.5. The van der Waals surface area contributed by atoms with Gasteiger partial charge in [0.15, 0.2) is 0 Å². The number of allylic oxidation sites excluding steroid dienone is 3. The highest BCUT2D eigenvalue weighted by Crippen LogP contribution is 2.11. The molecule has 1 aromatic carbocycles. The second kappa shape index (κ2) is 7.02. The van der Waals surface area contributed by atoms with Crippen LogP contribution in [0.4, 0.5) is 0 Å². The largest absolute Gasteiger partial charge is 0.423 e. The molecule has 0 atom stereocenters. The summed E-state index contributed by atoms with van der Waals surface area (Å²) < 4.78 is 5.03. The molecule has 3 nitrogen and oxygen atoms in total. The third-order valence-electron chi connectivity index (χ3n) is 1.92. The van der Waals surface area contributed by atoms with E-state index in [1.165, 1.54) is 6.08 Å². The van der Waals surface area contributed by atoms with E-state index in [0.29, 0.717) is 11.3 Å². The number of carbonyl (C=O) groups is 1. The summed E-state index contributed by atoms with van der Waals surface area (Å²) >= 11 is 0. The molecule has 0 amide bonds. The highest BCUT2D eigenvalue weighted by Gasteiger charge is 1.99. The van der Waals surface area contributed by atoms with Crippen molar-refractivity contribution >= 4 is 5.97 Å². The van der Waals surface area contributed by atoms with Gasteiger partial charge in [-0.25, -0.2) is 4.79 Å². The summed E-state index contributed by atoms with van der Waals surface area (Å²) in [5.74, 6) is -0.00594. The third-order valence-corrected chi connectivity index (χ3v) is 1.92. The van der Waals surface area contributed by atoms with Crippen LogP contribution < -0.4 is 4.74 Å². The molecule has 0 saturated carbocycles. The summed E-state index contributed by atoms with van der Waals surface area (Å²) in [5, 5.41) is 8.60. The van der Waals surface area contributed by atoms with Gasteiger partial charge < -0.3 is 4.74 Å². The minimum Gasteiger partial charge on any atom is -0.423 e. The molecule has 0 radical (unpaired) electrons. The molecule has 86 valence electrons. The van der Waals surface area contributed by atoms with Crippen LogP contribution in [0, 0.1) is 11.3 Å². The fourth-order valence-corrected chi connectivity index (χ4v) is 1.10. The molecule has 1 aromatic rings. The molecule has 0 aliphatic carbocycles. The van der Waals surface area contributed by atoms with Crippen molar-refractivity contribution in [1.29, 1.82) is 5.26 Å². The van der Waals surface area contributed by atoms with Crippen LogP contribution in [0.5, 0.6) is 5.75 Å². The van der Waals surface area contributed by atoms with Crippen LogP contribution in [0.25, 0.3) is 0 Å². The van der Waals surface area contributed by atoms with Gasteiger partial charge in [-0.15, -0.1) is 0 Å². The van der Waals surface area contributed by atoms with Crippen molar-refractivity contribution in [1.82, 2.24) is 0 Å². The minimum atomic E-state index is -0.435. The molecule has 17 heavy (non-hydrogen) atoms. The maximum atomic E-state index is 11.3. The second-order valence-corrected chi connectivity index (χ2v) is 3.25. The molecule has 0 aromatic heterocycles. The Labute approximate surface area is 101 Å². The number of benzene rings is 1. The molecule has 0 bridgehead atoms. The van der Waals surface area contributed by atoms with E-state index in [2.05, 4.69) is 0 Å². The highest BCUT2D eigenvalue weighted by atomic mass is 16.5. The lowest BCUT2D eigenvalue weighted by Crippen LogP contribution is -2.03. The number of carbonyl (C=O) groups excluding carboxylic acids is 1. The van der Waals surface area contributed by atoms with E-state index in [-0.39, 0.29) is 0 Å². The molecule has 0 spiro atoms. The van der Waals surface area contributed by atoms with Gasteiger partial charge in [0.25, 0.3) is 0 Å². The standard InChI is InChI=1S/C14H13NO2/c1-2-3-4-5-6-14(16)17-13-9-7-12(11-15)8-10-13/h3-10H,2H2,1H3/b4-3+,6-5+. The van der Waals surface area contributed by atoms with Gasteiger partial charge in [0.1, 0.15) is 5.75 Å². The van der Waals surface area contributed by atoms with Crippen molar-refractivity contribution in [3.63, 3.8) is 0 Å². The first-order chi connectivity index (χ1) is 8.26. The first-order valence-electron chi connectivity index (χ1n) is 5.31. The molecule has 0 aliphatic rings. The average molecular weight is 227 g/mol. The van der Waals surface area contributed by atoms with Gasteiger partial charge in [-0.2, -0.15) is 5.26 Å². The van der Waals surface area contributed by atoms with E-state index in [1.54, 1.807) is 36.4 Å². The summed E-state index contributed by atoms with van der Waals surface area (Å²) in [6, 6.07) is 8.37. The van der Waals surface area contributed by atoms with Crippen molar-refractivity contribution in [3.05, 3.63) is 54.1 Å². The van der Waals surface area contributed by atoms with Crippen molar-refractivity contribution in [2.45, 2.75) is 13.3 Å². The fraction of sp³-hybridized carbons (Fsp3) is 0.143. The molecule has 0 saturated heterocycles. The van der Waals surface area contributed by atoms with Gasteiger partial charge >= 0.3 is 5.97 Å². The van der Waals surface area contributed by atoms with Crippen LogP contribution in [-0.4, -0.2) is 5.97 Å². The van der Waals surface area contributed by atoms with Crippen LogP contribution in [-0.2, 0) is 4.79 Å². The van der Waals surface area contributed by atoms with E-state index >= 15 is 0 Å². The lowest BCUT2D eigenvalue weighted by Gasteiger charge is -1.99. The normalized spacial score (nSPS) is 10.6. The Morgan fingerprint density at radius 2 is 2.06 bits per heavy atom. The van der Waals surface area contributed by atoms with E-state index < -0.39 is 5.97 Å². The first-order valence-corrected chi connectivity index (χ1v) is 5.31. The van der Waals surface area contributed by atoms with Gasteiger partial charge in [-0.1, -0.05) is 25.2 Å². The molecule has 0 N–H and O–H groups in total. The topological polar surface area (TPSA) is 50.1 Å². The van der Waals surface area contributed by atoms with Crippen molar-refractivity contribution in [3.8, 4) is 11.8 Å². The summed E-state index contributed by atoms with van der Waals surface area (Å²) in [7, 11) is 0. The van der Waals surface area contributed by atoms with Gasteiger partial charge in [0, 0.05) is 6.08 Å². The first kappa shape index (κ1) is 12.7. The molecule has 3 heteroatoms. The number of nitriles is 1. The van der Waals surface area contributed by atoms with Crippen LogP contribution in [0.3, 0.4) is 0 Å². The second-order valence-electron chi connectivity index (χ2n) is 3.25. The average Bonchev–Trinajstić information content (AvgIpc) is 2.36. The molecule has 1 rings (SSSR count). The monoisotopic (exact) mass is 227 g/mol. The number of nitrogens with zero attached hydrogens (tertiary/aromatic N) is 1. The molecular weight excluding hydrogens is 214 g/mol. The predicted octanol–water partition coefficient (Wildman–Crippen LogP) is 2.99. The van der Waals surface area contributed by atoms with Crippen LogP contribution in [0.1, 0.15) is 18.9 Å². The molecule has 0 unspecified atom stereocenters. The van der Waals surface area contributed by atoms with Gasteiger partial charge in [-0.3, -0.25) is 0 Å². The molecule has 0 heterocycles. The number of hydrogen-bond acceptors (Lipinski definition) is 3. The molecule has 0 aliphatic heterocycles. The number of rotatable bonds is 4. The third kappa shape index (κ3) is 4.80. The Kier molecular flexibility index (Phi) is 5.26. The Morgan fingerprint density at radius 1 is 1.35 bits per heavy atom. The number of esters is 1. The van der Waals surface area contributed by atoms with E-state index in [1.807, 2.05) is 19.1 Å². The van der Waals surface area contributed by atoms with E-state index in [4.69, 9.17) is 10.00 Å². The minimum absolute atomic E-state index is 0.429. The van der Waals surface area contributed by atoms with Gasteiger partial charge in [0.05, 0.1) is 11.6 Å². The number of hydrogen-bond donors (Lipinski definition) is 0. The fourth-order valence-electron chi connectivity index (χ4n) is 1.10. The van der Waals surface area contributed by atoms with Crippen molar-refractivity contribution < 1.29 is 9.53 Å².